The maximum atomic E-state index is 10.6. The number of fused-ring (bicyclic) bond motifs is 1. The monoisotopic (exact) mass is 258 g/mol. The summed E-state index contributed by atoms with van der Waals surface area (Å²) in [4.78, 5) is 4.66. The molecule has 0 saturated heterocycles. The maximum absolute atomic E-state index is 10.6. The van der Waals surface area contributed by atoms with Crippen LogP contribution in [0.4, 0.5) is 0 Å². The van der Waals surface area contributed by atoms with Crippen molar-refractivity contribution in [3.8, 4) is 0 Å². The van der Waals surface area contributed by atoms with Crippen LogP contribution in [-0.4, -0.2) is 20.8 Å². The minimum atomic E-state index is -0.287. The van der Waals surface area contributed by atoms with E-state index < -0.39 is 0 Å². The Morgan fingerprint density at radius 2 is 2.00 bits per heavy atom. The molecule has 1 heterocycles. The Kier molecular flexibility index (Phi) is 3.09. The third-order valence-corrected chi connectivity index (χ3v) is 4.81. The highest BCUT2D eigenvalue weighted by molar-refractivity contribution is 5.75. The van der Waals surface area contributed by atoms with Crippen LogP contribution in [0, 0.1) is 5.41 Å². The molecule has 102 valence electrons. The van der Waals surface area contributed by atoms with E-state index in [1.807, 2.05) is 25.2 Å². The second-order valence-electron chi connectivity index (χ2n) is 6.16. The van der Waals surface area contributed by atoms with Gasteiger partial charge in [-0.15, -0.1) is 0 Å². The number of para-hydroxylation sites is 2. The smallest absolute Gasteiger partial charge is 0.112 e. The Morgan fingerprint density at radius 3 is 2.68 bits per heavy atom. The van der Waals surface area contributed by atoms with E-state index in [0.29, 0.717) is 6.42 Å². The van der Waals surface area contributed by atoms with Crippen LogP contribution in [0.3, 0.4) is 0 Å². The van der Waals surface area contributed by atoms with E-state index in [0.717, 1.165) is 29.7 Å². The van der Waals surface area contributed by atoms with Gasteiger partial charge in [-0.25, -0.2) is 4.98 Å². The van der Waals surface area contributed by atoms with E-state index in [1.54, 1.807) is 0 Å². The van der Waals surface area contributed by atoms with Crippen LogP contribution in [0.15, 0.2) is 24.3 Å². The van der Waals surface area contributed by atoms with Crippen LogP contribution >= 0.6 is 0 Å². The first-order valence-corrected chi connectivity index (χ1v) is 7.18. The SMILES string of the molecule is Cn1c(CC(O)C2(C)CCCC2)nc2ccccc21. The van der Waals surface area contributed by atoms with E-state index >= 15 is 0 Å². The van der Waals surface area contributed by atoms with Gasteiger partial charge >= 0.3 is 0 Å². The predicted octanol–water partition coefficient (Wildman–Crippen LogP) is 3.06. The molecule has 1 atom stereocenters. The lowest BCUT2D eigenvalue weighted by Crippen LogP contribution is -2.32. The number of hydrogen-bond acceptors (Lipinski definition) is 2. The topological polar surface area (TPSA) is 38.0 Å². The van der Waals surface area contributed by atoms with Crippen LogP contribution in [0.5, 0.6) is 0 Å². The van der Waals surface area contributed by atoms with Gasteiger partial charge in [0.05, 0.1) is 17.1 Å². The number of nitrogens with zero attached hydrogens (tertiary/aromatic N) is 2. The zero-order valence-electron chi connectivity index (χ0n) is 11.8. The van der Waals surface area contributed by atoms with Crippen molar-refractivity contribution in [3.63, 3.8) is 0 Å². The molecule has 0 amide bonds. The van der Waals surface area contributed by atoms with Gasteiger partial charge in [0.1, 0.15) is 5.82 Å². The molecule has 19 heavy (non-hydrogen) atoms. The van der Waals surface area contributed by atoms with Gasteiger partial charge < -0.3 is 9.67 Å². The Labute approximate surface area is 114 Å². The molecule has 0 aliphatic heterocycles. The molecule has 0 radical (unpaired) electrons. The number of aliphatic hydroxyl groups is 1. The minimum Gasteiger partial charge on any atom is -0.392 e. The highest BCUT2D eigenvalue weighted by atomic mass is 16.3. The van der Waals surface area contributed by atoms with Gasteiger partial charge in [0, 0.05) is 13.5 Å². The van der Waals surface area contributed by atoms with Crippen LogP contribution in [0.2, 0.25) is 0 Å². The highest BCUT2D eigenvalue weighted by Crippen LogP contribution is 2.41. The van der Waals surface area contributed by atoms with E-state index in [2.05, 4.69) is 22.5 Å². The van der Waals surface area contributed by atoms with E-state index in [4.69, 9.17) is 0 Å². The summed E-state index contributed by atoms with van der Waals surface area (Å²) in [7, 11) is 2.04. The highest BCUT2D eigenvalue weighted by Gasteiger charge is 2.36. The summed E-state index contributed by atoms with van der Waals surface area (Å²) < 4.78 is 2.11. The lowest BCUT2D eigenvalue weighted by molar-refractivity contribution is 0.0404. The average molecular weight is 258 g/mol. The normalized spacial score (nSPS) is 19.9. The molecular formula is C16H22N2O. The van der Waals surface area contributed by atoms with Crippen LogP contribution in [0.1, 0.15) is 38.4 Å². The molecule has 3 nitrogen and oxygen atoms in total. The molecule has 3 heteroatoms. The zero-order chi connectivity index (χ0) is 13.5. The first-order chi connectivity index (χ1) is 9.10. The summed E-state index contributed by atoms with van der Waals surface area (Å²) in [5.41, 5.74) is 2.24. The summed E-state index contributed by atoms with van der Waals surface area (Å²) in [6.07, 6.45) is 5.13. The van der Waals surface area contributed by atoms with Gasteiger partial charge in [-0.05, 0) is 30.4 Å². The molecule has 0 bridgehead atoms. The molecule has 1 aliphatic rings. The maximum Gasteiger partial charge on any atom is 0.112 e. The van der Waals surface area contributed by atoms with Crippen LogP contribution in [-0.2, 0) is 13.5 Å². The van der Waals surface area contributed by atoms with Crippen molar-refractivity contribution in [2.75, 3.05) is 0 Å². The molecule has 3 rings (SSSR count). The van der Waals surface area contributed by atoms with Crippen molar-refractivity contribution in [1.82, 2.24) is 9.55 Å². The van der Waals surface area contributed by atoms with Crippen LogP contribution < -0.4 is 0 Å². The molecule has 1 aromatic heterocycles. The first-order valence-electron chi connectivity index (χ1n) is 7.18. The lowest BCUT2D eigenvalue weighted by atomic mass is 9.81. The largest absolute Gasteiger partial charge is 0.392 e. The molecule has 1 aromatic carbocycles. The van der Waals surface area contributed by atoms with Crippen molar-refractivity contribution >= 4 is 11.0 Å². The predicted molar refractivity (Wildman–Crippen MR) is 77.0 cm³/mol. The number of hydrogen-bond donors (Lipinski definition) is 1. The number of rotatable bonds is 3. The van der Waals surface area contributed by atoms with Gasteiger partial charge in [-0.2, -0.15) is 0 Å². The average Bonchev–Trinajstić information content (AvgIpc) is 2.97. The summed E-state index contributed by atoms with van der Waals surface area (Å²) >= 11 is 0. The van der Waals surface area contributed by atoms with Gasteiger partial charge in [-0.1, -0.05) is 31.9 Å². The fraction of sp³-hybridized carbons (Fsp3) is 0.562. The van der Waals surface area contributed by atoms with Crippen LogP contribution in [0.25, 0.3) is 11.0 Å². The van der Waals surface area contributed by atoms with E-state index in [9.17, 15) is 5.11 Å². The quantitative estimate of drug-likeness (QED) is 0.919. The Balaban J connectivity index is 1.87. The third-order valence-electron chi connectivity index (χ3n) is 4.81. The third kappa shape index (κ3) is 2.16. The van der Waals surface area contributed by atoms with Crippen molar-refractivity contribution in [2.45, 2.75) is 45.1 Å². The zero-order valence-corrected chi connectivity index (χ0v) is 11.8. The Hall–Kier alpha value is -1.35. The standard InChI is InChI=1S/C16H22N2O/c1-16(9-5-6-10-16)14(19)11-15-17-12-7-3-4-8-13(12)18(15)2/h3-4,7-8,14,19H,5-6,9-11H2,1-2H3. The molecule has 1 saturated carbocycles. The number of aryl methyl sites for hydroxylation is 1. The van der Waals surface area contributed by atoms with Crippen molar-refractivity contribution in [3.05, 3.63) is 30.1 Å². The van der Waals surface area contributed by atoms with E-state index in [-0.39, 0.29) is 11.5 Å². The summed E-state index contributed by atoms with van der Waals surface area (Å²) in [6, 6.07) is 8.15. The number of aromatic nitrogens is 2. The van der Waals surface area contributed by atoms with Crippen molar-refractivity contribution < 1.29 is 5.11 Å². The molecule has 1 unspecified atom stereocenters. The Bertz CT molecular complexity index is 581. The molecule has 0 spiro atoms. The van der Waals surface area contributed by atoms with Crippen molar-refractivity contribution in [1.29, 1.82) is 0 Å². The van der Waals surface area contributed by atoms with Crippen molar-refractivity contribution in [2.24, 2.45) is 12.5 Å². The molecule has 1 N–H and O–H groups in total. The molecular weight excluding hydrogens is 236 g/mol. The molecule has 1 fully saturated rings. The Morgan fingerprint density at radius 1 is 1.32 bits per heavy atom. The first kappa shape index (κ1) is 12.7. The second kappa shape index (κ2) is 4.64. The van der Waals surface area contributed by atoms with Gasteiger partial charge in [0.15, 0.2) is 0 Å². The molecule has 1 aliphatic carbocycles. The van der Waals surface area contributed by atoms with E-state index in [1.165, 1.54) is 12.8 Å². The molecule has 2 aromatic rings. The second-order valence-corrected chi connectivity index (χ2v) is 6.16. The lowest BCUT2D eigenvalue weighted by Gasteiger charge is -2.29. The number of imidazole rings is 1. The van der Waals surface area contributed by atoms with Gasteiger partial charge in [-0.3, -0.25) is 0 Å². The number of aliphatic hydroxyl groups excluding tert-OH is 1. The summed E-state index contributed by atoms with van der Waals surface area (Å²) in [5.74, 6) is 0.988. The fourth-order valence-corrected chi connectivity index (χ4v) is 3.31. The minimum absolute atomic E-state index is 0.0815. The summed E-state index contributed by atoms with van der Waals surface area (Å²) in [6.45, 7) is 2.22. The number of benzene rings is 1. The summed E-state index contributed by atoms with van der Waals surface area (Å²) in [5, 5.41) is 10.6. The van der Waals surface area contributed by atoms with Gasteiger partial charge in [0.25, 0.3) is 0 Å². The van der Waals surface area contributed by atoms with Gasteiger partial charge in [0.2, 0.25) is 0 Å². The fourth-order valence-electron chi connectivity index (χ4n) is 3.31.